The van der Waals surface area contributed by atoms with E-state index in [9.17, 15) is 19.8 Å². The minimum Gasteiger partial charge on any atom is -0.508 e. The summed E-state index contributed by atoms with van der Waals surface area (Å²) < 4.78 is 11.5. The third kappa shape index (κ3) is 3.03. The highest BCUT2D eigenvalue weighted by Crippen LogP contribution is 2.43. The quantitative estimate of drug-likeness (QED) is 0.831. The van der Waals surface area contributed by atoms with Crippen LogP contribution in [0.2, 0.25) is 5.02 Å². The number of nitrogens with zero attached hydrogens (tertiary/aromatic N) is 1. The number of carboxylic acids is 1. The lowest BCUT2D eigenvalue weighted by atomic mass is 10.0. The van der Waals surface area contributed by atoms with E-state index < -0.39 is 29.9 Å². The molecule has 7 nitrogen and oxygen atoms in total. The van der Waals surface area contributed by atoms with Crippen LogP contribution < -0.4 is 0 Å². The number of fused-ring (bicyclic) bond motifs is 2. The van der Waals surface area contributed by atoms with Gasteiger partial charge in [-0.3, -0.25) is 4.79 Å². The molecule has 2 fully saturated rings. The number of hydrogen-bond donors (Lipinski definition) is 2. The van der Waals surface area contributed by atoms with Gasteiger partial charge in [0.15, 0.2) is 12.2 Å². The first kappa shape index (κ1) is 17.8. The molecule has 4 rings (SSSR count). The molecule has 2 aliphatic rings. The molecular weight excluding hydrogens is 374 g/mol. The van der Waals surface area contributed by atoms with Gasteiger partial charge in [0.2, 0.25) is 5.79 Å². The molecule has 0 spiro atoms. The molecule has 3 atom stereocenters. The highest BCUT2D eigenvalue weighted by atomic mass is 35.5. The zero-order valence-corrected chi connectivity index (χ0v) is 14.8. The van der Waals surface area contributed by atoms with E-state index in [1.165, 1.54) is 17.0 Å². The molecule has 2 saturated heterocycles. The van der Waals surface area contributed by atoms with E-state index in [1.54, 1.807) is 30.3 Å². The van der Waals surface area contributed by atoms with Gasteiger partial charge in [0, 0.05) is 17.1 Å². The number of rotatable bonds is 4. The van der Waals surface area contributed by atoms with Gasteiger partial charge in [0.25, 0.3) is 5.91 Å². The van der Waals surface area contributed by atoms with E-state index >= 15 is 0 Å². The lowest BCUT2D eigenvalue weighted by molar-refractivity contribution is -0.219. The summed E-state index contributed by atoms with van der Waals surface area (Å²) in [5.74, 6) is -3.10. The fourth-order valence-electron chi connectivity index (χ4n) is 3.41. The van der Waals surface area contributed by atoms with Gasteiger partial charge in [0.05, 0.1) is 6.54 Å². The second-order valence-electron chi connectivity index (χ2n) is 6.50. The number of carboxylic acid groups (broad SMARTS) is 1. The Morgan fingerprint density at radius 1 is 1.19 bits per heavy atom. The van der Waals surface area contributed by atoms with E-state index in [0.717, 1.165) is 5.56 Å². The first-order valence-corrected chi connectivity index (χ1v) is 8.67. The van der Waals surface area contributed by atoms with Crippen LogP contribution in [0.15, 0.2) is 48.5 Å². The molecule has 2 aromatic rings. The number of aliphatic carboxylic acids is 1. The Morgan fingerprint density at radius 3 is 2.56 bits per heavy atom. The molecule has 0 aliphatic carbocycles. The first-order chi connectivity index (χ1) is 12.9. The van der Waals surface area contributed by atoms with Crippen molar-refractivity contribution in [2.75, 3.05) is 6.54 Å². The van der Waals surface area contributed by atoms with Crippen LogP contribution in [0.4, 0.5) is 0 Å². The van der Waals surface area contributed by atoms with Crippen molar-refractivity contribution in [2.45, 2.75) is 24.5 Å². The maximum absolute atomic E-state index is 12.8. The molecule has 2 aliphatic heterocycles. The minimum atomic E-state index is -1.42. The second-order valence-corrected chi connectivity index (χ2v) is 6.91. The number of carbonyl (C=O) groups is 2. The number of benzene rings is 2. The minimum absolute atomic E-state index is 0.00209. The zero-order valence-electron chi connectivity index (χ0n) is 14.0. The Hall–Kier alpha value is -2.61. The number of amides is 1. The van der Waals surface area contributed by atoms with Crippen LogP contribution in [-0.4, -0.2) is 45.7 Å². The fraction of sp³-hybridized carbons (Fsp3) is 0.263. The third-order valence-corrected chi connectivity index (χ3v) is 5.10. The highest BCUT2D eigenvalue weighted by molar-refractivity contribution is 6.31. The topological polar surface area (TPSA) is 96.3 Å². The number of aromatic hydroxyl groups is 1. The molecule has 27 heavy (non-hydrogen) atoms. The first-order valence-electron chi connectivity index (χ1n) is 8.30. The van der Waals surface area contributed by atoms with Crippen molar-refractivity contribution in [3.63, 3.8) is 0 Å². The highest BCUT2D eigenvalue weighted by Gasteiger charge is 2.60. The van der Waals surface area contributed by atoms with Gasteiger partial charge in [0.1, 0.15) is 5.75 Å². The third-order valence-electron chi connectivity index (χ3n) is 4.73. The smallest absolute Gasteiger partial charge is 0.336 e. The Bertz CT molecular complexity index is 901. The molecule has 0 radical (unpaired) electrons. The molecule has 1 amide bonds. The second kappa shape index (κ2) is 6.53. The van der Waals surface area contributed by atoms with Gasteiger partial charge in [-0.25, -0.2) is 4.79 Å². The van der Waals surface area contributed by atoms with Crippen LogP contribution in [0.25, 0.3) is 0 Å². The van der Waals surface area contributed by atoms with Crippen LogP contribution >= 0.6 is 11.6 Å². The van der Waals surface area contributed by atoms with Crippen LogP contribution in [-0.2, 0) is 31.4 Å². The van der Waals surface area contributed by atoms with Crippen molar-refractivity contribution in [2.24, 2.45) is 0 Å². The van der Waals surface area contributed by atoms with Crippen molar-refractivity contribution in [3.8, 4) is 5.75 Å². The Kier molecular flexibility index (Phi) is 4.30. The van der Waals surface area contributed by atoms with E-state index in [1.807, 2.05) is 6.07 Å². The SMILES string of the molecule is O=C(O)C1OC2(c3ccc(O)cc3)CN(Cc3ccccc3Cl)C(=O)C1O2. The van der Waals surface area contributed by atoms with Crippen molar-refractivity contribution in [1.29, 1.82) is 0 Å². The summed E-state index contributed by atoms with van der Waals surface area (Å²) in [7, 11) is 0. The number of halogens is 1. The number of phenols is 1. The number of carbonyl (C=O) groups excluding carboxylic acids is 1. The van der Waals surface area contributed by atoms with E-state index in [-0.39, 0.29) is 18.8 Å². The van der Waals surface area contributed by atoms with Crippen molar-refractivity contribution >= 4 is 23.5 Å². The maximum Gasteiger partial charge on any atom is 0.336 e. The fourth-order valence-corrected chi connectivity index (χ4v) is 3.61. The number of morpholine rings is 1. The van der Waals surface area contributed by atoms with E-state index in [0.29, 0.717) is 10.6 Å². The Morgan fingerprint density at radius 2 is 1.89 bits per heavy atom. The molecule has 2 aromatic carbocycles. The van der Waals surface area contributed by atoms with Crippen LogP contribution in [0.5, 0.6) is 5.75 Å². The van der Waals surface area contributed by atoms with E-state index in [4.69, 9.17) is 21.1 Å². The summed E-state index contributed by atoms with van der Waals surface area (Å²) >= 11 is 6.21. The molecule has 2 heterocycles. The summed E-state index contributed by atoms with van der Waals surface area (Å²) in [4.78, 5) is 25.9. The summed E-state index contributed by atoms with van der Waals surface area (Å²) in [5.41, 5.74) is 1.26. The predicted molar refractivity (Wildman–Crippen MR) is 94.0 cm³/mol. The molecule has 8 heteroatoms. The summed E-state index contributed by atoms with van der Waals surface area (Å²) in [6.45, 7) is 0.204. The number of ether oxygens (including phenoxy) is 2. The summed E-state index contributed by atoms with van der Waals surface area (Å²) in [6, 6.07) is 13.2. The van der Waals surface area contributed by atoms with Gasteiger partial charge in [-0.1, -0.05) is 29.8 Å². The van der Waals surface area contributed by atoms with Crippen molar-refractivity contribution < 1.29 is 29.3 Å². The molecule has 2 bridgehead atoms. The normalized spacial score (nSPS) is 27.0. The van der Waals surface area contributed by atoms with Crippen LogP contribution in [0, 0.1) is 0 Å². The van der Waals surface area contributed by atoms with Gasteiger partial charge in [-0.15, -0.1) is 0 Å². The number of phenolic OH excluding ortho intramolecular Hbond substituents is 1. The molecule has 0 aromatic heterocycles. The molecular formula is C19H16ClNO6. The molecule has 3 unspecified atom stereocenters. The predicted octanol–water partition coefficient (Wildman–Crippen LogP) is 2.11. The molecule has 0 saturated carbocycles. The Labute approximate surface area is 159 Å². The number of hydrogen-bond acceptors (Lipinski definition) is 5. The van der Waals surface area contributed by atoms with Crippen LogP contribution in [0.3, 0.4) is 0 Å². The standard InChI is InChI=1S/C19H16ClNO6/c20-14-4-2-1-3-11(14)9-21-10-19(12-5-7-13(22)8-6-12)26-15(17(21)23)16(27-19)18(24)25/h1-8,15-16,22H,9-10H2,(H,24,25). The lowest BCUT2D eigenvalue weighted by Crippen LogP contribution is -2.53. The average molecular weight is 390 g/mol. The van der Waals surface area contributed by atoms with Crippen molar-refractivity contribution in [3.05, 3.63) is 64.7 Å². The van der Waals surface area contributed by atoms with Gasteiger partial charge >= 0.3 is 5.97 Å². The summed E-state index contributed by atoms with van der Waals surface area (Å²) in [6.07, 6.45) is -2.67. The van der Waals surface area contributed by atoms with Crippen molar-refractivity contribution in [1.82, 2.24) is 4.90 Å². The lowest BCUT2D eigenvalue weighted by Gasteiger charge is -2.38. The summed E-state index contributed by atoms with van der Waals surface area (Å²) in [5, 5.41) is 19.5. The largest absolute Gasteiger partial charge is 0.508 e. The van der Waals surface area contributed by atoms with Gasteiger partial charge in [-0.05, 0) is 35.9 Å². The average Bonchev–Trinajstić information content (AvgIpc) is 2.99. The van der Waals surface area contributed by atoms with Gasteiger partial charge in [-0.2, -0.15) is 0 Å². The van der Waals surface area contributed by atoms with Gasteiger partial charge < -0.3 is 24.6 Å². The molecule has 140 valence electrons. The molecule has 2 N–H and O–H groups in total. The Balaban J connectivity index is 1.71. The van der Waals surface area contributed by atoms with E-state index in [2.05, 4.69) is 0 Å². The monoisotopic (exact) mass is 389 g/mol. The maximum atomic E-state index is 12.8. The zero-order chi connectivity index (χ0) is 19.2. The van der Waals surface area contributed by atoms with Crippen LogP contribution in [0.1, 0.15) is 11.1 Å².